The van der Waals surface area contributed by atoms with Gasteiger partial charge in [-0.15, -0.1) is 12.4 Å². The summed E-state index contributed by atoms with van der Waals surface area (Å²) in [5.74, 6) is 1.79. The minimum Gasteiger partial charge on any atom is -0.460 e. The van der Waals surface area contributed by atoms with E-state index < -0.39 is 0 Å². The molecule has 1 heterocycles. The Morgan fingerprint density at radius 3 is 2.48 bits per heavy atom. The van der Waals surface area contributed by atoms with Crippen LogP contribution in [0, 0.1) is 0 Å². The molecule has 0 amide bonds. The molecule has 0 unspecified atom stereocenters. The summed E-state index contributed by atoms with van der Waals surface area (Å²) in [7, 11) is 0. The molecule has 2 N–H and O–H groups in total. The Bertz CT molecular complexity index is 511. The molecule has 116 valence electrons. The van der Waals surface area contributed by atoms with Crippen LogP contribution in [0.3, 0.4) is 0 Å². The lowest BCUT2D eigenvalue weighted by atomic mass is 10.2. The summed E-state index contributed by atoms with van der Waals surface area (Å²) in [6.45, 7) is 1.95. The van der Waals surface area contributed by atoms with E-state index in [9.17, 15) is 0 Å². The number of furan rings is 1. The van der Waals surface area contributed by atoms with Crippen molar-refractivity contribution in [2.75, 3.05) is 13.2 Å². The van der Waals surface area contributed by atoms with E-state index in [1.165, 1.54) is 0 Å². The summed E-state index contributed by atoms with van der Waals surface area (Å²) in [6.07, 6.45) is 3.01. The third-order valence-electron chi connectivity index (χ3n) is 3.10. The van der Waals surface area contributed by atoms with Gasteiger partial charge in [0, 0.05) is 17.2 Å². The summed E-state index contributed by atoms with van der Waals surface area (Å²) in [5, 5.41) is 12.8. The first-order chi connectivity index (χ1) is 9.79. The van der Waals surface area contributed by atoms with Crippen LogP contribution in [0.15, 0.2) is 40.8 Å². The molecule has 5 heteroatoms. The summed E-state index contributed by atoms with van der Waals surface area (Å²) < 4.78 is 5.79. The van der Waals surface area contributed by atoms with E-state index in [1.54, 1.807) is 0 Å². The maximum absolute atomic E-state index is 8.69. The predicted molar refractivity (Wildman–Crippen MR) is 89.0 cm³/mol. The largest absolute Gasteiger partial charge is 0.460 e. The zero-order valence-corrected chi connectivity index (χ0v) is 13.4. The molecule has 21 heavy (non-hydrogen) atoms. The molecular weight excluding hydrogens is 309 g/mol. The van der Waals surface area contributed by atoms with Crippen molar-refractivity contribution in [2.24, 2.45) is 0 Å². The van der Waals surface area contributed by atoms with E-state index in [-0.39, 0.29) is 19.0 Å². The maximum atomic E-state index is 8.69. The fourth-order valence-corrected chi connectivity index (χ4v) is 2.12. The van der Waals surface area contributed by atoms with Crippen LogP contribution in [-0.4, -0.2) is 18.3 Å². The first-order valence-electron chi connectivity index (χ1n) is 6.96. The topological polar surface area (TPSA) is 45.4 Å². The van der Waals surface area contributed by atoms with Gasteiger partial charge >= 0.3 is 0 Å². The van der Waals surface area contributed by atoms with Crippen molar-refractivity contribution in [1.82, 2.24) is 5.32 Å². The lowest BCUT2D eigenvalue weighted by Crippen LogP contribution is -2.14. The SMILES string of the molecule is Cl.OCCCCCNCc1ccc(-c2ccc(Cl)cc2)o1. The number of benzene rings is 1. The quantitative estimate of drug-likeness (QED) is 0.711. The number of unbranched alkanes of at least 4 members (excludes halogenated alkanes) is 2. The number of aliphatic hydroxyl groups is 1. The lowest BCUT2D eigenvalue weighted by Gasteiger charge is -2.02. The van der Waals surface area contributed by atoms with Crippen LogP contribution in [-0.2, 0) is 6.54 Å². The van der Waals surface area contributed by atoms with Crippen molar-refractivity contribution in [3.8, 4) is 11.3 Å². The van der Waals surface area contributed by atoms with E-state index in [1.807, 2.05) is 36.4 Å². The van der Waals surface area contributed by atoms with Crippen molar-refractivity contribution in [3.63, 3.8) is 0 Å². The molecule has 0 atom stereocenters. The predicted octanol–water partition coefficient (Wildman–Crippen LogP) is 4.27. The van der Waals surface area contributed by atoms with Gasteiger partial charge in [-0.1, -0.05) is 11.6 Å². The van der Waals surface area contributed by atoms with Crippen LogP contribution in [0.1, 0.15) is 25.0 Å². The zero-order chi connectivity index (χ0) is 14.2. The second-order valence-electron chi connectivity index (χ2n) is 4.73. The number of hydrogen-bond acceptors (Lipinski definition) is 3. The van der Waals surface area contributed by atoms with Gasteiger partial charge in [0.1, 0.15) is 11.5 Å². The standard InChI is InChI=1S/C16H20ClNO2.ClH/c17-14-6-4-13(5-7-14)16-9-8-15(20-16)12-18-10-2-1-3-11-19;/h4-9,18-19H,1-3,10-12H2;1H. The van der Waals surface area contributed by atoms with E-state index in [0.29, 0.717) is 0 Å². The van der Waals surface area contributed by atoms with E-state index >= 15 is 0 Å². The van der Waals surface area contributed by atoms with Crippen molar-refractivity contribution in [2.45, 2.75) is 25.8 Å². The van der Waals surface area contributed by atoms with Gasteiger partial charge in [0.2, 0.25) is 0 Å². The highest BCUT2D eigenvalue weighted by atomic mass is 35.5. The van der Waals surface area contributed by atoms with Crippen molar-refractivity contribution in [1.29, 1.82) is 0 Å². The normalized spacial score (nSPS) is 10.4. The van der Waals surface area contributed by atoms with Gasteiger partial charge in [-0.2, -0.15) is 0 Å². The molecule has 0 aliphatic rings. The highest BCUT2D eigenvalue weighted by Gasteiger charge is 2.04. The summed E-state index contributed by atoms with van der Waals surface area (Å²) in [4.78, 5) is 0. The average molecular weight is 330 g/mol. The summed E-state index contributed by atoms with van der Waals surface area (Å²) in [5.41, 5.74) is 1.03. The molecule has 0 saturated heterocycles. The van der Waals surface area contributed by atoms with Crippen molar-refractivity contribution < 1.29 is 9.52 Å². The van der Waals surface area contributed by atoms with Gasteiger partial charge in [-0.3, -0.25) is 0 Å². The van der Waals surface area contributed by atoms with Gasteiger partial charge in [0.25, 0.3) is 0 Å². The maximum Gasteiger partial charge on any atom is 0.134 e. The second kappa shape index (κ2) is 9.85. The summed E-state index contributed by atoms with van der Waals surface area (Å²) >= 11 is 5.87. The molecule has 1 aromatic carbocycles. The van der Waals surface area contributed by atoms with Crippen LogP contribution >= 0.6 is 24.0 Å². The number of hydrogen-bond donors (Lipinski definition) is 2. The van der Waals surface area contributed by atoms with Crippen LogP contribution < -0.4 is 5.32 Å². The van der Waals surface area contributed by atoms with E-state index in [2.05, 4.69) is 5.32 Å². The monoisotopic (exact) mass is 329 g/mol. The van der Waals surface area contributed by atoms with E-state index in [4.69, 9.17) is 21.1 Å². The second-order valence-corrected chi connectivity index (χ2v) is 5.17. The van der Waals surface area contributed by atoms with Gasteiger partial charge in [-0.05, 0) is 62.2 Å². The molecule has 0 aliphatic heterocycles. The summed E-state index contributed by atoms with van der Waals surface area (Å²) in [6, 6.07) is 11.6. The Kier molecular flexibility index (Phi) is 8.47. The van der Waals surface area contributed by atoms with Gasteiger partial charge < -0.3 is 14.8 Å². The molecule has 3 nitrogen and oxygen atoms in total. The number of nitrogens with one attached hydrogen (secondary N) is 1. The molecule has 0 aliphatic carbocycles. The smallest absolute Gasteiger partial charge is 0.134 e. The average Bonchev–Trinajstić information content (AvgIpc) is 2.92. The van der Waals surface area contributed by atoms with Crippen molar-refractivity contribution in [3.05, 3.63) is 47.2 Å². The lowest BCUT2D eigenvalue weighted by molar-refractivity contribution is 0.282. The molecule has 2 rings (SSSR count). The fourth-order valence-electron chi connectivity index (χ4n) is 1.99. The van der Waals surface area contributed by atoms with Gasteiger partial charge in [0.05, 0.1) is 6.54 Å². The Morgan fingerprint density at radius 1 is 1.00 bits per heavy atom. The van der Waals surface area contributed by atoms with Crippen LogP contribution in [0.5, 0.6) is 0 Å². The van der Waals surface area contributed by atoms with Crippen LogP contribution in [0.25, 0.3) is 11.3 Å². The first-order valence-corrected chi connectivity index (χ1v) is 7.33. The Hall–Kier alpha value is -1.00. The van der Waals surface area contributed by atoms with Gasteiger partial charge in [0.15, 0.2) is 0 Å². The highest BCUT2D eigenvalue weighted by molar-refractivity contribution is 6.30. The molecule has 2 aromatic rings. The van der Waals surface area contributed by atoms with Crippen LogP contribution in [0.2, 0.25) is 5.02 Å². The molecular formula is C16H21Cl2NO2. The number of aliphatic hydroxyl groups excluding tert-OH is 1. The third kappa shape index (κ3) is 6.10. The number of halogens is 2. The Balaban J connectivity index is 0.00000220. The minimum absolute atomic E-state index is 0. The van der Waals surface area contributed by atoms with Gasteiger partial charge in [-0.25, -0.2) is 0 Å². The third-order valence-corrected chi connectivity index (χ3v) is 3.35. The minimum atomic E-state index is 0. The highest BCUT2D eigenvalue weighted by Crippen LogP contribution is 2.23. The van der Waals surface area contributed by atoms with Crippen molar-refractivity contribution >= 4 is 24.0 Å². The molecule has 0 spiro atoms. The Labute approximate surface area is 136 Å². The first kappa shape index (κ1) is 18.1. The molecule has 0 fully saturated rings. The molecule has 0 saturated carbocycles. The van der Waals surface area contributed by atoms with E-state index in [0.717, 1.165) is 54.5 Å². The Morgan fingerprint density at radius 2 is 1.76 bits per heavy atom. The molecule has 0 bridgehead atoms. The molecule has 0 radical (unpaired) electrons. The molecule has 1 aromatic heterocycles. The zero-order valence-electron chi connectivity index (χ0n) is 11.8. The fraction of sp³-hybridized carbons (Fsp3) is 0.375. The number of rotatable bonds is 8. The van der Waals surface area contributed by atoms with Crippen LogP contribution in [0.4, 0.5) is 0 Å².